The molecule has 0 amide bonds. The number of carboxylic acids is 1. The van der Waals surface area contributed by atoms with E-state index in [1.807, 2.05) is 0 Å². The Morgan fingerprint density at radius 1 is 1.44 bits per heavy atom. The van der Waals surface area contributed by atoms with E-state index in [1.165, 1.54) is 6.07 Å². The van der Waals surface area contributed by atoms with Crippen LogP contribution < -0.4 is 4.74 Å². The van der Waals surface area contributed by atoms with Gasteiger partial charge in [-0.05, 0) is 25.3 Å². The van der Waals surface area contributed by atoms with Crippen LogP contribution >= 0.6 is 0 Å². The lowest BCUT2D eigenvalue weighted by molar-refractivity contribution is -0.385. The molecule has 1 aromatic carbocycles. The molecule has 6 nitrogen and oxygen atoms in total. The summed E-state index contributed by atoms with van der Waals surface area (Å²) < 4.78 is 5.38. The summed E-state index contributed by atoms with van der Waals surface area (Å²) >= 11 is 0. The zero-order valence-corrected chi connectivity index (χ0v) is 10.1. The van der Waals surface area contributed by atoms with Crippen LogP contribution in [0.25, 0.3) is 0 Å². The van der Waals surface area contributed by atoms with Crippen LogP contribution in [0.2, 0.25) is 0 Å². The van der Waals surface area contributed by atoms with Gasteiger partial charge in [0.05, 0.1) is 11.5 Å². The maximum atomic E-state index is 10.8. The van der Waals surface area contributed by atoms with Crippen LogP contribution in [0.3, 0.4) is 0 Å². The molecular formula is C12H15NO5. The molecule has 0 unspecified atom stereocenters. The lowest BCUT2D eigenvalue weighted by Crippen LogP contribution is -2.03. The van der Waals surface area contributed by atoms with Gasteiger partial charge < -0.3 is 9.84 Å². The number of carboxylic acid groups (broad SMARTS) is 1. The van der Waals surface area contributed by atoms with Gasteiger partial charge >= 0.3 is 11.7 Å². The fourth-order valence-corrected chi connectivity index (χ4v) is 1.52. The average Bonchev–Trinajstić information content (AvgIpc) is 2.29. The highest BCUT2D eigenvalue weighted by Gasteiger charge is 2.16. The largest absolute Gasteiger partial charge is 0.487 e. The third-order valence-electron chi connectivity index (χ3n) is 2.42. The van der Waals surface area contributed by atoms with E-state index in [2.05, 4.69) is 0 Å². The first-order valence-electron chi connectivity index (χ1n) is 5.61. The van der Waals surface area contributed by atoms with Crippen LogP contribution in [0.5, 0.6) is 5.75 Å². The Bertz CT molecular complexity index is 444. The first kappa shape index (κ1) is 14.0. The summed E-state index contributed by atoms with van der Waals surface area (Å²) in [7, 11) is 0. The second-order valence-electron chi connectivity index (χ2n) is 3.88. The Kier molecular flexibility index (Phi) is 5.10. The van der Waals surface area contributed by atoms with E-state index in [9.17, 15) is 14.9 Å². The van der Waals surface area contributed by atoms with Gasteiger partial charge in [-0.3, -0.25) is 14.9 Å². The van der Waals surface area contributed by atoms with E-state index >= 15 is 0 Å². The number of unbranched alkanes of at least 4 members (excludes halogenated alkanes) is 1. The van der Waals surface area contributed by atoms with Gasteiger partial charge in [-0.15, -0.1) is 0 Å². The van der Waals surface area contributed by atoms with Crippen molar-refractivity contribution in [2.24, 2.45) is 0 Å². The van der Waals surface area contributed by atoms with Crippen LogP contribution in [0.4, 0.5) is 5.69 Å². The molecule has 1 rings (SSSR count). The Labute approximate surface area is 104 Å². The number of aryl methyl sites for hydroxylation is 1. The Balaban J connectivity index is 2.56. The highest BCUT2D eigenvalue weighted by Crippen LogP contribution is 2.30. The SMILES string of the molecule is Cc1cccc([N+](=O)[O-])c1OCCCCC(=O)O. The smallest absolute Gasteiger partial charge is 0.311 e. The zero-order chi connectivity index (χ0) is 13.5. The van der Waals surface area contributed by atoms with Crippen molar-refractivity contribution in [2.45, 2.75) is 26.2 Å². The zero-order valence-electron chi connectivity index (χ0n) is 10.1. The molecular weight excluding hydrogens is 238 g/mol. The van der Waals surface area contributed by atoms with Crippen molar-refractivity contribution in [3.63, 3.8) is 0 Å². The first-order valence-corrected chi connectivity index (χ1v) is 5.61. The molecule has 1 N–H and O–H groups in total. The molecule has 1 aromatic rings. The molecule has 0 fully saturated rings. The van der Waals surface area contributed by atoms with Crippen molar-refractivity contribution >= 4 is 11.7 Å². The number of ether oxygens (including phenoxy) is 1. The predicted molar refractivity (Wildman–Crippen MR) is 64.8 cm³/mol. The molecule has 0 atom stereocenters. The summed E-state index contributed by atoms with van der Waals surface area (Å²) in [6, 6.07) is 4.73. The van der Waals surface area contributed by atoms with Gasteiger partial charge in [-0.2, -0.15) is 0 Å². The van der Waals surface area contributed by atoms with Crippen molar-refractivity contribution in [1.29, 1.82) is 0 Å². The molecule has 0 radical (unpaired) electrons. The van der Waals surface area contributed by atoms with Crippen LogP contribution in [0.1, 0.15) is 24.8 Å². The molecule has 0 spiro atoms. The van der Waals surface area contributed by atoms with E-state index < -0.39 is 10.9 Å². The highest BCUT2D eigenvalue weighted by molar-refractivity contribution is 5.66. The number of carbonyl (C=O) groups is 1. The molecule has 0 aliphatic rings. The topological polar surface area (TPSA) is 89.7 Å². The summed E-state index contributed by atoms with van der Waals surface area (Å²) in [6.07, 6.45) is 1.13. The summed E-state index contributed by atoms with van der Waals surface area (Å²) in [5, 5.41) is 19.3. The monoisotopic (exact) mass is 253 g/mol. The van der Waals surface area contributed by atoms with Crippen molar-refractivity contribution in [1.82, 2.24) is 0 Å². The number of nitro groups is 1. The van der Waals surface area contributed by atoms with E-state index in [1.54, 1.807) is 19.1 Å². The molecule has 0 aliphatic carbocycles. The predicted octanol–water partition coefficient (Wildman–Crippen LogP) is 2.54. The van der Waals surface area contributed by atoms with Crippen LogP contribution in [0.15, 0.2) is 18.2 Å². The Hall–Kier alpha value is -2.11. The third kappa shape index (κ3) is 4.04. The van der Waals surface area contributed by atoms with E-state index in [0.29, 0.717) is 18.4 Å². The molecule has 98 valence electrons. The van der Waals surface area contributed by atoms with Gasteiger partial charge in [0.25, 0.3) is 0 Å². The maximum Gasteiger partial charge on any atom is 0.311 e. The third-order valence-corrected chi connectivity index (χ3v) is 2.42. The highest BCUT2D eigenvalue weighted by atomic mass is 16.6. The fourth-order valence-electron chi connectivity index (χ4n) is 1.52. The molecule has 0 bridgehead atoms. The number of hydrogen-bond acceptors (Lipinski definition) is 4. The van der Waals surface area contributed by atoms with Crippen LogP contribution in [0, 0.1) is 17.0 Å². The van der Waals surface area contributed by atoms with Crippen LogP contribution in [-0.2, 0) is 4.79 Å². The van der Waals surface area contributed by atoms with Crippen molar-refractivity contribution < 1.29 is 19.6 Å². The molecule has 6 heteroatoms. The van der Waals surface area contributed by atoms with Crippen molar-refractivity contribution in [3.8, 4) is 5.75 Å². The molecule has 18 heavy (non-hydrogen) atoms. The Morgan fingerprint density at radius 3 is 2.78 bits per heavy atom. The number of nitro benzene ring substituents is 1. The minimum atomic E-state index is -0.850. The summed E-state index contributed by atoms with van der Waals surface area (Å²) in [5.74, 6) is -0.588. The number of benzene rings is 1. The second-order valence-corrected chi connectivity index (χ2v) is 3.88. The van der Waals surface area contributed by atoms with Gasteiger partial charge in [0.2, 0.25) is 0 Å². The molecule has 0 aromatic heterocycles. The Morgan fingerprint density at radius 2 is 2.17 bits per heavy atom. The normalized spacial score (nSPS) is 10.1. The number of nitrogens with zero attached hydrogens (tertiary/aromatic N) is 1. The van der Waals surface area contributed by atoms with Crippen molar-refractivity contribution in [2.75, 3.05) is 6.61 Å². The van der Waals surface area contributed by atoms with Gasteiger partial charge in [-0.1, -0.05) is 12.1 Å². The summed E-state index contributed by atoms with van der Waals surface area (Å²) in [5.41, 5.74) is 0.635. The second kappa shape index (κ2) is 6.58. The standard InChI is InChI=1S/C12H15NO5/c1-9-5-4-6-10(13(16)17)12(9)18-8-3-2-7-11(14)15/h4-6H,2-3,7-8H2,1H3,(H,14,15). The molecule has 0 aliphatic heterocycles. The maximum absolute atomic E-state index is 10.8. The summed E-state index contributed by atoms with van der Waals surface area (Å²) in [6.45, 7) is 2.01. The number of para-hydroxylation sites is 1. The fraction of sp³-hybridized carbons (Fsp3) is 0.417. The van der Waals surface area contributed by atoms with Crippen LogP contribution in [-0.4, -0.2) is 22.6 Å². The average molecular weight is 253 g/mol. The quantitative estimate of drug-likeness (QED) is 0.458. The number of aliphatic carboxylic acids is 1. The van der Waals surface area contributed by atoms with Gasteiger partial charge in [0, 0.05) is 12.5 Å². The van der Waals surface area contributed by atoms with E-state index in [4.69, 9.17) is 9.84 Å². The molecule has 0 heterocycles. The van der Waals surface area contributed by atoms with Gasteiger partial charge in [0.15, 0.2) is 5.75 Å². The number of rotatable bonds is 7. The lowest BCUT2D eigenvalue weighted by Gasteiger charge is -2.08. The minimum Gasteiger partial charge on any atom is -0.487 e. The van der Waals surface area contributed by atoms with Gasteiger partial charge in [-0.25, -0.2) is 0 Å². The van der Waals surface area contributed by atoms with Gasteiger partial charge in [0.1, 0.15) is 0 Å². The molecule has 0 saturated carbocycles. The number of hydrogen-bond donors (Lipinski definition) is 1. The van der Waals surface area contributed by atoms with E-state index in [0.717, 1.165) is 0 Å². The lowest BCUT2D eigenvalue weighted by atomic mass is 10.2. The molecule has 0 saturated heterocycles. The van der Waals surface area contributed by atoms with E-state index in [-0.39, 0.29) is 24.5 Å². The summed E-state index contributed by atoms with van der Waals surface area (Å²) in [4.78, 5) is 20.6. The minimum absolute atomic E-state index is 0.0618. The van der Waals surface area contributed by atoms with Crippen molar-refractivity contribution in [3.05, 3.63) is 33.9 Å². The first-order chi connectivity index (χ1) is 8.52.